The van der Waals surface area contributed by atoms with Crippen molar-refractivity contribution in [3.8, 4) is 22.1 Å². The number of furan rings is 2. The van der Waals surface area contributed by atoms with Crippen molar-refractivity contribution in [3.05, 3.63) is 72.2 Å². The third-order valence-electron chi connectivity index (χ3n) is 3.80. The van der Waals surface area contributed by atoms with Gasteiger partial charge in [0.05, 0.1) is 18.1 Å². The third-order valence-corrected chi connectivity index (χ3v) is 4.78. The molecule has 0 unspecified atom stereocenters. The van der Waals surface area contributed by atoms with Crippen molar-refractivity contribution in [1.29, 1.82) is 0 Å². The first-order valence-electron chi connectivity index (χ1n) is 7.99. The number of thiazole rings is 1. The number of carbonyl (C=O) groups excluding carboxylic acids is 1. The number of amides is 1. The second-order valence-electron chi connectivity index (χ2n) is 5.68. The maximum atomic E-state index is 12.9. The van der Waals surface area contributed by atoms with Crippen molar-refractivity contribution in [2.45, 2.75) is 6.18 Å². The van der Waals surface area contributed by atoms with Gasteiger partial charge in [-0.05, 0) is 42.5 Å². The van der Waals surface area contributed by atoms with Crippen LogP contribution in [0.2, 0.25) is 0 Å². The predicted octanol–water partition coefficient (Wildman–Crippen LogP) is 5.93. The summed E-state index contributed by atoms with van der Waals surface area (Å²) < 4.78 is 49.4. The van der Waals surface area contributed by atoms with Gasteiger partial charge in [0.25, 0.3) is 5.91 Å². The van der Waals surface area contributed by atoms with Crippen LogP contribution in [0, 0.1) is 0 Å². The summed E-state index contributed by atoms with van der Waals surface area (Å²) in [7, 11) is 0. The minimum atomic E-state index is -4.53. The molecule has 0 saturated heterocycles. The first-order chi connectivity index (χ1) is 13.4. The molecule has 0 bridgehead atoms. The van der Waals surface area contributed by atoms with E-state index in [1.807, 2.05) is 0 Å². The number of halogens is 3. The summed E-state index contributed by atoms with van der Waals surface area (Å²) in [6.45, 7) is 0. The number of nitrogens with one attached hydrogen (secondary N) is 1. The van der Waals surface area contributed by atoms with Crippen LogP contribution >= 0.6 is 11.3 Å². The third kappa shape index (κ3) is 3.56. The fourth-order valence-corrected chi connectivity index (χ4v) is 3.47. The first kappa shape index (κ1) is 18.1. The lowest BCUT2D eigenvalue weighted by molar-refractivity contribution is -0.137. The molecule has 3 aromatic heterocycles. The second-order valence-corrected chi connectivity index (χ2v) is 6.68. The number of rotatable bonds is 4. The number of hydrogen-bond donors (Lipinski definition) is 1. The number of hydrogen-bond acceptors (Lipinski definition) is 5. The highest BCUT2D eigenvalue weighted by atomic mass is 32.1. The largest absolute Gasteiger partial charge is 0.463 e. The maximum Gasteiger partial charge on any atom is 0.416 e. The Balaban J connectivity index is 1.66. The van der Waals surface area contributed by atoms with Crippen LogP contribution in [0.25, 0.3) is 22.1 Å². The highest BCUT2D eigenvalue weighted by molar-refractivity contribution is 7.19. The Kier molecular flexibility index (Phi) is 4.52. The molecule has 9 heteroatoms. The minimum Gasteiger partial charge on any atom is -0.463 e. The lowest BCUT2D eigenvalue weighted by Crippen LogP contribution is -2.13. The fraction of sp³-hybridized carbons (Fsp3) is 0.0526. The van der Waals surface area contributed by atoms with E-state index >= 15 is 0 Å². The van der Waals surface area contributed by atoms with E-state index in [1.165, 1.54) is 24.7 Å². The quantitative estimate of drug-likeness (QED) is 0.457. The summed E-state index contributed by atoms with van der Waals surface area (Å²) in [5.74, 6) is 0.308. The van der Waals surface area contributed by atoms with Crippen LogP contribution in [0.1, 0.15) is 15.9 Å². The summed E-state index contributed by atoms with van der Waals surface area (Å²) in [5.41, 5.74) is -0.555. The van der Waals surface area contributed by atoms with E-state index in [2.05, 4.69) is 10.3 Å². The lowest BCUT2D eigenvalue weighted by atomic mass is 10.1. The second kappa shape index (κ2) is 7.01. The molecule has 3 heterocycles. The van der Waals surface area contributed by atoms with Gasteiger partial charge in [-0.1, -0.05) is 17.4 Å². The molecule has 0 aliphatic carbocycles. The van der Waals surface area contributed by atoms with Gasteiger partial charge in [-0.15, -0.1) is 0 Å². The van der Waals surface area contributed by atoms with E-state index in [0.717, 1.165) is 23.5 Å². The molecular weight excluding hydrogens is 393 g/mol. The molecule has 0 radical (unpaired) electrons. The number of aromatic nitrogens is 1. The fourth-order valence-electron chi connectivity index (χ4n) is 2.53. The monoisotopic (exact) mass is 404 g/mol. The Labute approximate surface area is 160 Å². The van der Waals surface area contributed by atoms with Crippen LogP contribution in [0.5, 0.6) is 0 Å². The molecule has 0 fully saturated rings. The summed E-state index contributed by atoms with van der Waals surface area (Å²) in [5, 5.41) is 2.75. The van der Waals surface area contributed by atoms with Gasteiger partial charge in [-0.2, -0.15) is 13.2 Å². The van der Waals surface area contributed by atoms with Crippen molar-refractivity contribution in [2.24, 2.45) is 0 Å². The van der Waals surface area contributed by atoms with Crippen LogP contribution < -0.4 is 5.32 Å². The van der Waals surface area contributed by atoms with Crippen molar-refractivity contribution >= 4 is 22.4 Å². The molecule has 1 N–H and O–H groups in total. The van der Waals surface area contributed by atoms with Crippen LogP contribution in [0.3, 0.4) is 0 Å². The van der Waals surface area contributed by atoms with E-state index in [1.54, 1.807) is 24.3 Å². The van der Waals surface area contributed by atoms with Gasteiger partial charge in [0, 0.05) is 5.56 Å². The molecule has 0 atom stereocenters. The van der Waals surface area contributed by atoms with E-state index < -0.39 is 17.6 Å². The normalized spacial score (nSPS) is 11.5. The van der Waals surface area contributed by atoms with Crippen molar-refractivity contribution < 1.29 is 26.8 Å². The summed E-state index contributed by atoms with van der Waals surface area (Å²) in [6, 6.07) is 11.0. The highest BCUT2D eigenvalue weighted by Gasteiger charge is 2.31. The Morgan fingerprint density at radius 3 is 2.36 bits per heavy atom. The molecule has 0 aliphatic rings. The molecule has 0 saturated carbocycles. The van der Waals surface area contributed by atoms with E-state index in [0.29, 0.717) is 22.1 Å². The van der Waals surface area contributed by atoms with Crippen LogP contribution in [0.4, 0.5) is 18.3 Å². The smallest absolute Gasteiger partial charge is 0.416 e. The van der Waals surface area contributed by atoms with Crippen molar-refractivity contribution in [2.75, 3.05) is 5.32 Å². The zero-order chi connectivity index (χ0) is 19.7. The topological polar surface area (TPSA) is 68.3 Å². The minimum absolute atomic E-state index is 0.121. The highest BCUT2D eigenvalue weighted by Crippen LogP contribution is 2.39. The zero-order valence-electron chi connectivity index (χ0n) is 14.0. The molecule has 142 valence electrons. The van der Waals surface area contributed by atoms with Crippen LogP contribution in [-0.2, 0) is 6.18 Å². The summed E-state index contributed by atoms with van der Waals surface area (Å²) in [4.78, 5) is 17.4. The Hall–Kier alpha value is -3.33. The van der Waals surface area contributed by atoms with Crippen molar-refractivity contribution in [3.63, 3.8) is 0 Å². The van der Waals surface area contributed by atoms with E-state index in [9.17, 15) is 18.0 Å². The molecule has 0 spiro atoms. The average molecular weight is 404 g/mol. The lowest BCUT2D eigenvalue weighted by Gasteiger charge is -2.08. The molecule has 28 heavy (non-hydrogen) atoms. The van der Waals surface area contributed by atoms with Gasteiger partial charge < -0.3 is 8.83 Å². The van der Waals surface area contributed by atoms with Crippen molar-refractivity contribution in [1.82, 2.24) is 4.98 Å². The number of carbonyl (C=O) groups is 1. The zero-order valence-corrected chi connectivity index (χ0v) is 14.8. The van der Waals surface area contributed by atoms with E-state index in [-0.39, 0.29) is 10.7 Å². The molecular formula is C19H11F3N2O3S. The molecule has 5 nitrogen and oxygen atoms in total. The Bertz CT molecular complexity index is 1050. The molecule has 4 aromatic rings. The van der Waals surface area contributed by atoms with Gasteiger partial charge in [0.2, 0.25) is 0 Å². The number of anilines is 1. The number of alkyl halides is 3. The SMILES string of the molecule is O=C(Nc1nc(-c2ccco2)c(-c2ccco2)s1)c1cccc(C(F)(F)F)c1. The molecule has 1 amide bonds. The van der Waals surface area contributed by atoms with Gasteiger partial charge in [-0.25, -0.2) is 4.98 Å². The summed E-state index contributed by atoms with van der Waals surface area (Å²) in [6.07, 6.45) is -1.54. The van der Waals surface area contributed by atoms with Gasteiger partial charge >= 0.3 is 6.18 Å². The number of nitrogens with zero attached hydrogens (tertiary/aromatic N) is 1. The standard InChI is InChI=1S/C19H11F3N2O3S/c20-19(21,22)12-5-1-4-11(10-12)17(25)24-18-23-15(13-6-2-8-26-13)16(28-18)14-7-3-9-27-14/h1-10H,(H,23,24,25). The van der Waals surface area contributed by atoms with Gasteiger partial charge in [0.1, 0.15) is 16.3 Å². The summed E-state index contributed by atoms with van der Waals surface area (Å²) >= 11 is 1.13. The molecule has 1 aromatic carbocycles. The Morgan fingerprint density at radius 2 is 1.71 bits per heavy atom. The predicted molar refractivity (Wildman–Crippen MR) is 96.9 cm³/mol. The molecule has 4 rings (SSSR count). The molecule has 0 aliphatic heterocycles. The van der Waals surface area contributed by atoms with Gasteiger partial charge in [0.15, 0.2) is 10.9 Å². The number of benzene rings is 1. The first-order valence-corrected chi connectivity index (χ1v) is 8.80. The average Bonchev–Trinajstić information content (AvgIpc) is 3.41. The van der Waals surface area contributed by atoms with Gasteiger partial charge in [-0.3, -0.25) is 10.1 Å². The van der Waals surface area contributed by atoms with Crippen LogP contribution in [0.15, 0.2) is 69.9 Å². The van der Waals surface area contributed by atoms with E-state index in [4.69, 9.17) is 8.83 Å². The maximum absolute atomic E-state index is 12.9. The van der Waals surface area contributed by atoms with Crippen LogP contribution in [-0.4, -0.2) is 10.9 Å². The Morgan fingerprint density at radius 1 is 1.00 bits per heavy atom.